The molecule has 0 atom stereocenters. The second-order valence-corrected chi connectivity index (χ2v) is 5.41. The van der Waals surface area contributed by atoms with Crippen molar-refractivity contribution in [3.8, 4) is 11.5 Å². The summed E-state index contributed by atoms with van der Waals surface area (Å²) in [7, 11) is 0. The number of hydrogen-bond donors (Lipinski definition) is 1. The van der Waals surface area contributed by atoms with E-state index in [9.17, 15) is 9.90 Å². The Labute approximate surface area is 117 Å². The molecule has 5 heteroatoms. The van der Waals surface area contributed by atoms with Crippen molar-refractivity contribution in [2.24, 2.45) is 5.92 Å². The number of aromatic nitrogens is 1. The summed E-state index contributed by atoms with van der Waals surface area (Å²) in [6, 6.07) is 0. The fraction of sp³-hybridized carbons (Fsp3) is 0.467. The average molecular weight is 277 g/mol. The van der Waals surface area contributed by atoms with E-state index in [4.69, 9.17) is 8.83 Å². The molecule has 0 unspecified atom stereocenters. The van der Waals surface area contributed by atoms with Crippen molar-refractivity contribution in [1.29, 1.82) is 0 Å². The molecule has 0 saturated carbocycles. The first-order chi connectivity index (χ1) is 9.31. The molecule has 0 spiro atoms. The van der Waals surface area contributed by atoms with Crippen molar-refractivity contribution in [3.05, 3.63) is 28.5 Å². The van der Waals surface area contributed by atoms with Crippen LogP contribution in [0.5, 0.6) is 0 Å². The molecular formula is C15H19NO4. The van der Waals surface area contributed by atoms with Crippen molar-refractivity contribution >= 4 is 5.97 Å². The molecule has 108 valence electrons. The lowest BCUT2D eigenvalue weighted by Crippen LogP contribution is -2.03. The Morgan fingerprint density at radius 2 is 1.85 bits per heavy atom. The summed E-state index contributed by atoms with van der Waals surface area (Å²) in [5, 5.41) is 9.23. The third-order valence-corrected chi connectivity index (χ3v) is 3.27. The molecule has 2 rings (SSSR count). The van der Waals surface area contributed by atoms with E-state index < -0.39 is 5.97 Å². The van der Waals surface area contributed by atoms with Gasteiger partial charge in [-0.25, -0.2) is 9.78 Å². The van der Waals surface area contributed by atoms with Crippen molar-refractivity contribution in [3.63, 3.8) is 0 Å². The molecule has 0 fully saturated rings. The Morgan fingerprint density at radius 3 is 2.30 bits per heavy atom. The lowest BCUT2D eigenvalue weighted by molar-refractivity contribution is 0.0661. The van der Waals surface area contributed by atoms with E-state index in [1.165, 1.54) is 0 Å². The van der Waals surface area contributed by atoms with Crippen molar-refractivity contribution in [2.75, 3.05) is 0 Å². The first kappa shape index (κ1) is 14.4. The standard InChI is InChI=1S/C15H19NO4/c1-7(2)6-11-13(15(17)18)20-14(16-11)12-8(3)9(4)19-10(12)5/h7H,6H2,1-5H3,(H,17,18). The molecule has 0 aliphatic heterocycles. The smallest absolute Gasteiger partial charge is 0.373 e. The van der Waals surface area contributed by atoms with E-state index >= 15 is 0 Å². The summed E-state index contributed by atoms with van der Waals surface area (Å²) < 4.78 is 11.0. The van der Waals surface area contributed by atoms with Crippen LogP contribution in [0.1, 0.15) is 47.2 Å². The summed E-state index contributed by atoms with van der Waals surface area (Å²) in [5.41, 5.74) is 2.16. The number of aryl methyl sites for hydroxylation is 2. The highest BCUT2D eigenvalue weighted by Crippen LogP contribution is 2.32. The summed E-state index contributed by atoms with van der Waals surface area (Å²) in [6.07, 6.45) is 0.570. The van der Waals surface area contributed by atoms with Crippen LogP contribution in [0.3, 0.4) is 0 Å². The molecule has 20 heavy (non-hydrogen) atoms. The minimum atomic E-state index is -1.09. The van der Waals surface area contributed by atoms with Gasteiger partial charge in [0.2, 0.25) is 11.7 Å². The van der Waals surface area contributed by atoms with Gasteiger partial charge < -0.3 is 13.9 Å². The van der Waals surface area contributed by atoms with E-state index in [2.05, 4.69) is 4.98 Å². The van der Waals surface area contributed by atoms with Gasteiger partial charge in [0.25, 0.3) is 0 Å². The lowest BCUT2D eigenvalue weighted by Gasteiger charge is -2.00. The second-order valence-electron chi connectivity index (χ2n) is 5.41. The van der Waals surface area contributed by atoms with Crippen LogP contribution in [0.4, 0.5) is 0 Å². The van der Waals surface area contributed by atoms with Crippen molar-refractivity contribution in [1.82, 2.24) is 4.98 Å². The van der Waals surface area contributed by atoms with E-state index in [1.54, 1.807) is 0 Å². The molecule has 0 aliphatic rings. The largest absolute Gasteiger partial charge is 0.475 e. The first-order valence-corrected chi connectivity index (χ1v) is 6.61. The van der Waals surface area contributed by atoms with E-state index in [0.717, 1.165) is 16.9 Å². The molecule has 5 nitrogen and oxygen atoms in total. The number of furan rings is 1. The fourth-order valence-electron chi connectivity index (χ4n) is 2.26. The van der Waals surface area contributed by atoms with Gasteiger partial charge in [0.05, 0.1) is 11.3 Å². The van der Waals surface area contributed by atoms with Gasteiger partial charge in [-0.3, -0.25) is 0 Å². The molecular weight excluding hydrogens is 258 g/mol. The Bertz CT molecular complexity index is 649. The molecule has 0 aromatic carbocycles. The van der Waals surface area contributed by atoms with E-state index in [1.807, 2.05) is 34.6 Å². The number of carboxylic acids is 1. The van der Waals surface area contributed by atoms with Crippen LogP contribution >= 0.6 is 0 Å². The van der Waals surface area contributed by atoms with Crippen LogP contribution in [0, 0.1) is 26.7 Å². The highest BCUT2D eigenvalue weighted by atomic mass is 16.4. The van der Waals surface area contributed by atoms with Gasteiger partial charge in [-0.2, -0.15) is 0 Å². The Balaban J connectivity index is 2.55. The van der Waals surface area contributed by atoms with Crippen LogP contribution < -0.4 is 0 Å². The third kappa shape index (κ3) is 2.48. The lowest BCUT2D eigenvalue weighted by atomic mass is 10.1. The number of carbonyl (C=O) groups is 1. The number of aromatic carboxylic acids is 1. The predicted molar refractivity (Wildman–Crippen MR) is 73.9 cm³/mol. The minimum Gasteiger partial charge on any atom is -0.475 e. The summed E-state index contributed by atoms with van der Waals surface area (Å²) >= 11 is 0. The number of carboxylic acid groups (broad SMARTS) is 1. The molecule has 0 bridgehead atoms. The Morgan fingerprint density at radius 1 is 1.20 bits per heavy atom. The average Bonchev–Trinajstić information content (AvgIpc) is 2.81. The Hall–Kier alpha value is -2.04. The first-order valence-electron chi connectivity index (χ1n) is 6.61. The Kier molecular flexibility index (Phi) is 3.70. The van der Waals surface area contributed by atoms with E-state index in [-0.39, 0.29) is 5.76 Å². The van der Waals surface area contributed by atoms with Crippen LogP contribution in [-0.2, 0) is 6.42 Å². The van der Waals surface area contributed by atoms with Gasteiger partial charge in [0, 0.05) is 5.56 Å². The SMILES string of the molecule is Cc1oc(C)c(-c2nc(CC(C)C)c(C(=O)O)o2)c1C. The summed E-state index contributed by atoms with van der Waals surface area (Å²) in [6.45, 7) is 9.62. The minimum absolute atomic E-state index is 0.0775. The normalized spacial score (nSPS) is 11.3. The number of oxazole rings is 1. The fourth-order valence-corrected chi connectivity index (χ4v) is 2.26. The maximum Gasteiger partial charge on any atom is 0.373 e. The van der Waals surface area contributed by atoms with E-state index in [0.29, 0.717) is 29.7 Å². The van der Waals surface area contributed by atoms with Gasteiger partial charge in [-0.15, -0.1) is 0 Å². The molecule has 1 N–H and O–H groups in total. The molecule has 0 saturated heterocycles. The number of nitrogens with zero attached hydrogens (tertiary/aromatic N) is 1. The zero-order chi connectivity index (χ0) is 15.0. The number of hydrogen-bond acceptors (Lipinski definition) is 4. The van der Waals surface area contributed by atoms with Crippen LogP contribution in [-0.4, -0.2) is 16.1 Å². The quantitative estimate of drug-likeness (QED) is 0.920. The van der Waals surface area contributed by atoms with Gasteiger partial charge in [0.15, 0.2) is 0 Å². The maximum atomic E-state index is 11.3. The maximum absolute atomic E-state index is 11.3. The monoisotopic (exact) mass is 277 g/mol. The van der Waals surface area contributed by atoms with Gasteiger partial charge in [-0.1, -0.05) is 13.8 Å². The van der Waals surface area contributed by atoms with Gasteiger partial charge in [-0.05, 0) is 33.1 Å². The molecule has 2 aromatic rings. The van der Waals surface area contributed by atoms with Crippen LogP contribution in [0.25, 0.3) is 11.5 Å². The van der Waals surface area contributed by atoms with Crippen LogP contribution in [0.2, 0.25) is 0 Å². The zero-order valence-corrected chi connectivity index (χ0v) is 12.4. The molecule has 2 heterocycles. The molecule has 0 amide bonds. The van der Waals surface area contributed by atoms with Gasteiger partial charge in [0.1, 0.15) is 11.5 Å². The topological polar surface area (TPSA) is 76.5 Å². The molecule has 0 aliphatic carbocycles. The summed E-state index contributed by atoms with van der Waals surface area (Å²) in [4.78, 5) is 15.6. The van der Waals surface area contributed by atoms with Crippen molar-refractivity contribution < 1.29 is 18.7 Å². The summed E-state index contributed by atoms with van der Waals surface area (Å²) in [5.74, 6) is 0.942. The third-order valence-electron chi connectivity index (χ3n) is 3.27. The highest BCUT2D eigenvalue weighted by Gasteiger charge is 2.24. The zero-order valence-electron chi connectivity index (χ0n) is 12.4. The second kappa shape index (κ2) is 5.15. The van der Waals surface area contributed by atoms with Gasteiger partial charge >= 0.3 is 5.97 Å². The molecule has 0 radical (unpaired) electrons. The van der Waals surface area contributed by atoms with Crippen molar-refractivity contribution in [2.45, 2.75) is 41.0 Å². The number of rotatable bonds is 4. The van der Waals surface area contributed by atoms with Crippen LogP contribution in [0.15, 0.2) is 8.83 Å². The predicted octanol–water partition coefficient (Wildman–Crippen LogP) is 3.76. The molecule has 2 aromatic heterocycles. The highest BCUT2D eigenvalue weighted by molar-refractivity contribution is 5.86.